The number of nitrogens with one attached hydrogen (secondary N) is 1. The first-order valence-corrected chi connectivity index (χ1v) is 9.88. The van der Waals surface area contributed by atoms with Gasteiger partial charge in [0.25, 0.3) is 0 Å². The predicted molar refractivity (Wildman–Crippen MR) is 94.5 cm³/mol. The first-order valence-electron chi connectivity index (χ1n) is 9.06. The van der Waals surface area contributed by atoms with E-state index in [4.69, 9.17) is 4.74 Å². The van der Waals surface area contributed by atoms with Crippen molar-refractivity contribution in [2.75, 3.05) is 44.7 Å². The molecule has 4 rings (SSSR count). The summed E-state index contributed by atoms with van der Waals surface area (Å²) in [4.78, 5) is 34.3. The number of amides is 2. The monoisotopic (exact) mass is 364 g/mol. The Morgan fingerprint density at radius 2 is 2.04 bits per heavy atom. The van der Waals surface area contributed by atoms with Crippen molar-refractivity contribution in [2.45, 2.75) is 32.2 Å². The number of aromatic nitrogens is 1. The molecule has 136 valence electrons. The Morgan fingerprint density at radius 1 is 1.24 bits per heavy atom. The van der Waals surface area contributed by atoms with Crippen LogP contribution in [-0.2, 0) is 27.3 Å². The van der Waals surface area contributed by atoms with Crippen LogP contribution in [0.1, 0.15) is 29.8 Å². The molecular formula is C17H24N4O3S. The molecule has 0 unspecified atom stereocenters. The molecule has 2 fully saturated rings. The van der Waals surface area contributed by atoms with E-state index in [1.165, 1.54) is 4.88 Å². The molecule has 0 spiro atoms. The Hall–Kier alpha value is -1.51. The second kappa shape index (κ2) is 7.39. The van der Waals surface area contributed by atoms with Gasteiger partial charge < -0.3 is 15.0 Å². The van der Waals surface area contributed by atoms with Crippen molar-refractivity contribution in [1.82, 2.24) is 14.8 Å². The Morgan fingerprint density at radius 3 is 2.76 bits per heavy atom. The maximum atomic E-state index is 12.4. The van der Waals surface area contributed by atoms with Crippen LogP contribution in [0.5, 0.6) is 0 Å². The van der Waals surface area contributed by atoms with Crippen LogP contribution >= 0.6 is 11.3 Å². The third-order valence-corrected chi connectivity index (χ3v) is 6.24. The zero-order chi connectivity index (χ0) is 17.2. The van der Waals surface area contributed by atoms with Crippen LogP contribution in [0.25, 0.3) is 0 Å². The summed E-state index contributed by atoms with van der Waals surface area (Å²) in [6.45, 7) is 4.67. The number of hydrogen-bond donors (Lipinski definition) is 1. The summed E-state index contributed by atoms with van der Waals surface area (Å²) < 4.78 is 5.30. The minimum absolute atomic E-state index is 0.108. The standard InChI is InChI=1S/C17H24N4O3S/c22-15(21-6-8-24-9-7-21)11-20-5-4-13-14(10-20)25-17(18-13)19-16(23)12-2-1-3-12/h12H,1-11H2,(H,18,19,23). The molecule has 1 saturated carbocycles. The van der Waals surface area contributed by atoms with Gasteiger partial charge >= 0.3 is 0 Å². The fourth-order valence-electron chi connectivity index (χ4n) is 3.42. The summed E-state index contributed by atoms with van der Waals surface area (Å²) in [5.74, 6) is 0.454. The number of morpholine rings is 1. The van der Waals surface area contributed by atoms with E-state index >= 15 is 0 Å². The lowest BCUT2D eigenvalue weighted by molar-refractivity contribution is -0.136. The molecule has 7 nitrogen and oxygen atoms in total. The number of fused-ring (bicyclic) bond motifs is 1. The van der Waals surface area contributed by atoms with E-state index < -0.39 is 0 Å². The smallest absolute Gasteiger partial charge is 0.236 e. The number of rotatable bonds is 4. The first kappa shape index (κ1) is 16.9. The Balaban J connectivity index is 1.33. The summed E-state index contributed by atoms with van der Waals surface area (Å²) in [7, 11) is 0. The lowest BCUT2D eigenvalue weighted by Crippen LogP contribution is -2.46. The van der Waals surface area contributed by atoms with Gasteiger partial charge in [-0.15, -0.1) is 11.3 Å². The molecule has 3 aliphatic rings. The molecule has 1 aliphatic carbocycles. The number of ether oxygens (including phenoxy) is 1. The molecule has 0 radical (unpaired) electrons. The van der Waals surface area contributed by atoms with Gasteiger partial charge in [0.1, 0.15) is 0 Å². The molecule has 25 heavy (non-hydrogen) atoms. The number of carbonyl (C=O) groups is 2. The lowest BCUT2D eigenvalue weighted by atomic mass is 9.85. The highest BCUT2D eigenvalue weighted by molar-refractivity contribution is 7.15. The zero-order valence-corrected chi connectivity index (χ0v) is 15.1. The average Bonchev–Trinajstić information content (AvgIpc) is 2.95. The minimum Gasteiger partial charge on any atom is -0.378 e. The van der Waals surface area contributed by atoms with Crippen molar-refractivity contribution in [1.29, 1.82) is 0 Å². The van der Waals surface area contributed by atoms with Crippen molar-refractivity contribution in [3.05, 3.63) is 10.6 Å². The van der Waals surface area contributed by atoms with Crippen LogP contribution in [0.15, 0.2) is 0 Å². The largest absolute Gasteiger partial charge is 0.378 e. The zero-order valence-electron chi connectivity index (χ0n) is 14.3. The number of carbonyl (C=O) groups excluding carboxylic acids is 2. The summed E-state index contributed by atoms with van der Waals surface area (Å²) in [6, 6.07) is 0. The van der Waals surface area contributed by atoms with E-state index in [2.05, 4.69) is 15.2 Å². The molecule has 1 saturated heterocycles. The van der Waals surface area contributed by atoms with Gasteiger partial charge in [0.05, 0.1) is 25.5 Å². The van der Waals surface area contributed by atoms with Gasteiger partial charge in [-0.05, 0) is 12.8 Å². The maximum Gasteiger partial charge on any atom is 0.236 e. The summed E-state index contributed by atoms with van der Waals surface area (Å²) >= 11 is 1.55. The topological polar surface area (TPSA) is 74.8 Å². The number of nitrogens with zero attached hydrogens (tertiary/aromatic N) is 3. The highest BCUT2D eigenvalue weighted by Crippen LogP contribution is 2.31. The van der Waals surface area contributed by atoms with Crippen molar-refractivity contribution in [3.8, 4) is 0 Å². The van der Waals surface area contributed by atoms with E-state index in [-0.39, 0.29) is 17.7 Å². The van der Waals surface area contributed by atoms with Crippen LogP contribution in [0.2, 0.25) is 0 Å². The molecule has 8 heteroatoms. The van der Waals surface area contributed by atoms with E-state index in [1.807, 2.05) is 4.90 Å². The van der Waals surface area contributed by atoms with Gasteiger partial charge in [-0.3, -0.25) is 14.5 Å². The van der Waals surface area contributed by atoms with Crippen molar-refractivity contribution in [2.24, 2.45) is 5.92 Å². The molecule has 2 amide bonds. The highest BCUT2D eigenvalue weighted by atomic mass is 32.1. The molecule has 3 heterocycles. The minimum atomic E-state index is 0.108. The third kappa shape index (κ3) is 3.86. The summed E-state index contributed by atoms with van der Waals surface area (Å²) in [6.07, 6.45) is 3.98. The second-order valence-corrected chi connectivity index (χ2v) is 8.04. The third-order valence-electron chi connectivity index (χ3n) is 5.24. The van der Waals surface area contributed by atoms with E-state index in [0.717, 1.165) is 44.5 Å². The molecule has 1 aromatic heterocycles. The quantitative estimate of drug-likeness (QED) is 0.866. The van der Waals surface area contributed by atoms with Gasteiger partial charge in [0.15, 0.2) is 5.13 Å². The van der Waals surface area contributed by atoms with Crippen LogP contribution in [0.4, 0.5) is 5.13 Å². The Kier molecular flexibility index (Phi) is 5.00. The van der Waals surface area contributed by atoms with E-state index in [9.17, 15) is 9.59 Å². The molecule has 2 aliphatic heterocycles. The fraction of sp³-hybridized carbons (Fsp3) is 0.706. The first-order chi connectivity index (χ1) is 12.2. The van der Waals surface area contributed by atoms with Crippen molar-refractivity contribution in [3.63, 3.8) is 0 Å². The molecule has 0 aromatic carbocycles. The number of hydrogen-bond acceptors (Lipinski definition) is 6. The molecule has 1 N–H and O–H groups in total. The normalized spacial score (nSPS) is 21.5. The van der Waals surface area contributed by atoms with Crippen molar-refractivity contribution < 1.29 is 14.3 Å². The summed E-state index contributed by atoms with van der Waals surface area (Å²) in [5, 5.41) is 3.68. The van der Waals surface area contributed by atoms with Gasteiger partial charge in [-0.25, -0.2) is 4.98 Å². The predicted octanol–water partition coefficient (Wildman–Crippen LogP) is 1.10. The van der Waals surface area contributed by atoms with Gasteiger partial charge in [-0.1, -0.05) is 6.42 Å². The van der Waals surface area contributed by atoms with Gasteiger partial charge in [0.2, 0.25) is 11.8 Å². The molecule has 1 aromatic rings. The Bertz CT molecular complexity index is 652. The van der Waals surface area contributed by atoms with Crippen molar-refractivity contribution >= 4 is 28.3 Å². The van der Waals surface area contributed by atoms with E-state index in [0.29, 0.717) is 38.0 Å². The number of thiazole rings is 1. The number of anilines is 1. The summed E-state index contributed by atoms with van der Waals surface area (Å²) in [5.41, 5.74) is 1.07. The van der Waals surface area contributed by atoms with Crippen LogP contribution in [-0.4, -0.2) is 66.0 Å². The molecule has 0 atom stereocenters. The molecule has 0 bridgehead atoms. The van der Waals surface area contributed by atoms with Crippen LogP contribution in [0.3, 0.4) is 0 Å². The highest BCUT2D eigenvalue weighted by Gasteiger charge is 2.28. The van der Waals surface area contributed by atoms with Crippen LogP contribution < -0.4 is 5.32 Å². The average molecular weight is 364 g/mol. The molecular weight excluding hydrogens is 340 g/mol. The lowest BCUT2D eigenvalue weighted by Gasteiger charge is -2.31. The second-order valence-electron chi connectivity index (χ2n) is 6.96. The maximum absolute atomic E-state index is 12.4. The fourth-order valence-corrected chi connectivity index (χ4v) is 4.47. The van der Waals surface area contributed by atoms with Crippen LogP contribution in [0, 0.1) is 5.92 Å². The van der Waals surface area contributed by atoms with Gasteiger partial charge in [-0.2, -0.15) is 0 Å². The van der Waals surface area contributed by atoms with E-state index in [1.54, 1.807) is 11.3 Å². The van der Waals surface area contributed by atoms with Gasteiger partial charge in [0, 0.05) is 43.4 Å². The Labute approximate surface area is 151 Å². The SMILES string of the molecule is O=C(Nc1nc2c(s1)CN(CC(=O)N1CCOCC1)CC2)C1CCC1.